The quantitative estimate of drug-likeness (QED) is 0.855. The largest absolute Gasteiger partial charge is 0.465 e. The van der Waals surface area contributed by atoms with Crippen LogP contribution in [0.3, 0.4) is 0 Å². The minimum absolute atomic E-state index is 0.318. The highest BCUT2D eigenvalue weighted by atomic mass is 16.5. The molecule has 0 atom stereocenters. The molecule has 0 fully saturated rings. The Labute approximate surface area is 112 Å². The van der Waals surface area contributed by atoms with E-state index in [1.165, 1.54) is 7.11 Å². The molecule has 2 aromatic rings. The van der Waals surface area contributed by atoms with Gasteiger partial charge in [-0.05, 0) is 36.8 Å². The number of ether oxygens (including phenoxy) is 1. The highest BCUT2D eigenvalue weighted by Gasteiger charge is 2.05. The van der Waals surface area contributed by atoms with Crippen LogP contribution in [-0.2, 0) is 11.3 Å². The zero-order valence-electron chi connectivity index (χ0n) is 11.0. The van der Waals surface area contributed by atoms with Crippen molar-refractivity contribution in [1.82, 2.24) is 4.98 Å². The Hall–Kier alpha value is -2.36. The summed E-state index contributed by atoms with van der Waals surface area (Å²) in [5.74, 6) is -0.318. The standard InChI is InChI=1S/C15H16N2O2/c1-11-8-14(6-7-16-11)17-10-12-4-3-5-13(9-12)15(18)19-2/h3-9H,10H2,1-2H3,(H,16,17). The van der Waals surface area contributed by atoms with E-state index in [0.29, 0.717) is 12.1 Å². The van der Waals surface area contributed by atoms with Crippen LogP contribution in [0.5, 0.6) is 0 Å². The summed E-state index contributed by atoms with van der Waals surface area (Å²) in [6.07, 6.45) is 1.77. The molecule has 4 nitrogen and oxygen atoms in total. The van der Waals surface area contributed by atoms with E-state index in [-0.39, 0.29) is 5.97 Å². The van der Waals surface area contributed by atoms with Crippen LogP contribution in [-0.4, -0.2) is 18.1 Å². The van der Waals surface area contributed by atoms with Crippen LogP contribution in [0.4, 0.5) is 5.69 Å². The van der Waals surface area contributed by atoms with E-state index in [1.54, 1.807) is 12.3 Å². The number of hydrogen-bond donors (Lipinski definition) is 1. The zero-order valence-corrected chi connectivity index (χ0v) is 11.0. The summed E-state index contributed by atoms with van der Waals surface area (Å²) in [4.78, 5) is 15.6. The number of pyridine rings is 1. The van der Waals surface area contributed by atoms with Gasteiger partial charge in [0.2, 0.25) is 0 Å². The molecular formula is C15H16N2O2. The van der Waals surface area contributed by atoms with Gasteiger partial charge in [-0.2, -0.15) is 0 Å². The lowest BCUT2D eigenvalue weighted by Crippen LogP contribution is -2.04. The van der Waals surface area contributed by atoms with E-state index in [2.05, 4.69) is 10.3 Å². The molecule has 0 aliphatic rings. The average molecular weight is 256 g/mol. The molecule has 1 N–H and O–H groups in total. The van der Waals surface area contributed by atoms with E-state index in [9.17, 15) is 4.79 Å². The molecule has 0 aliphatic heterocycles. The van der Waals surface area contributed by atoms with Crippen molar-refractivity contribution < 1.29 is 9.53 Å². The lowest BCUT2D eigenvalue weighted by molar-refractivity contribution is 0.0600. The summed E-state index contributed by atoms with van der Waals surface area (Å²) in [7, 11) is 1.38. The number of hydrogen-bond acceptors (Lipinski definition) is 4. The van der Waals surface area contributed by atoms with Crippen molar-refractivity contribution in [2.24, 2.45) is 0 Å². The molecule has 19 heavy (non-hydrogen) atoms. The number of carbonyl (C=O) groups excluding carboxylic acids is 1. The van der Waals surface area contributed by atoms with Crippen LogP contribution in [0.15, 0.2) is 42.6 Å². The van der Waals surface area contributed by atoms with Gasteiger partial charge in [0.15, 0.2) is 0 Å². The minimum atomic E-state index is -0.318. The first-order valence-electron chi connectivity index (χ1n) is 6.03. The maximum atomic E-state index is 11.4. The smallest absolute Gasteiger partial charge is 0.337 e. The second-order valence-electron chi connectivity index (χ2n) is 4.23. The summed E-state index contributed by atoms with van der Waals surface area (Å²) >= 11 is 0. The lowest BCUT2D eigenvalue weighted by Gasteiger charge is -2.08. The van der Waals surface area contributed by atoms with Crippen molar-refractivity contribution >= 4 is 11.7 Å². The Morgan fingerprint density at radius 1 is 1.32 bits per heavy atom. The molecule has 98 valence electrons. The van der Waals surface area contributed by atoms with Gasteiger partial charge in [-0.3, -0.25) is 4.98 Å². The van der Waals surface area contributed by atoms with E-state index in [1.807, 2.05) is 37.3 Å². The van der Waals surface area contributed by atoms with Crippen molar-refractivity contribution in [2.45, 2.75) is 13.5 Å². The number of methoxy groups -OCH3 is 1. The maximum Gasteiger partial charge on any atom is 0.337 e. The van der Waals surface area contributed by atoms with Crippen LogP contribution in [0.2, 0.25) is 0 Å². The number of benzene rings is 1. The van der Waals surface area contributed by atoms with Gasteiger partial charge in [0.1, 0.15) is 0 Å². The molecule has 0 saturated heterocycles. The van der Waals surface area contributed by atoms with E-state index < -0.39 is 0 Å². The van der Waals surface area contributed by atoms with Gasteiger partial charge in [0.05, 0.1) is 12.7 Å². The average Bonchev–Trinajstić information content (AvgIpc) is 2.45. The van der Waals surface area contributed by atoms with Gasteiger partial charge in [-0.1, -0.05) is 12.1 Å². The molecular weight excluding hydrogens is 240 g/mol. The molecule has 1 aromatic carbocycles. The second-order valence-corrected chi connectivity index (χ2v) is 4.23. The Bertz CT molecular complexity index is 582. The summed E-state index contributed by atoms with van der Waals surface area (Å²) in [5, 5.41) is 3.29. The van der Waals surface area contributed by atoms with Gasteiger partial charge >= 0.3 is 5.97 Å². The Morgan fingerprint density at radius 2 is 2.16 bits per heavy atom. The number of carbonyl (C=O) groups is 1. The second kappa shape index (κ2) is 6.00. The summed E-state index contributed by atoms with van der Waals surface area (Å²) in [5.41, 5.74) is 3.56. The molecule has 4 heteroatoms. The van der Waals surface area contributed by atoms with Gasteiger partial charge in [-0.25, -0.2) is 4.79 Å². The van der Waals surface area contributed by atoms with E-state index in [0.717, 1.165) is 16.9 Å². The zero-order chi connectivity index (χ0) is 13.7. The number of anilines is 1. The Kier molecular flexibility index (Phi) is 4.13. The van der Waals surface area contributed by atoms with E-state index in [4.69, 9.17) is 4.74 Å². The van der Waals surface area contributed by atoms with Crippen LogP contribution in [0.1, 0.15) is 21.6 Å². The maximum absolute atomic E-state index is 11.4. The molecule has 1 heterocycles. The van der Waals surface area contributed by atoms with E-state index >= 15 is 0 Å². The van der Waals surface area contributed by atoms with Crippen molar-refractivity contribution in [1.29, 1.82) is 0 Å². The van der Waals surface area contributed by atoms with Gasteiger partial charge in [-0.15, -0.1) is 0 Å². The monoisotopic (exact) mass is 256 g/mol. The van der Waals surface area contributed by atoms with Crippen LogP contribution >= 0.6 is 0 Å². The molecule has 0 amide bonds. The molecule has 0 aliphatic carbocycles. The molecule has 2 rings (SSSR count). The SMILES string of the molecule is COC(=O)c1cccc(CNc2ccnc(C)c2)c1. The first kappa shape index (κ1) is 13.1. The number of nitrogens with one attached hydrogen (secondary N) is 1. The van der Waals surface area contributed by atoms with Gasteiger partial charge in [0, 0.05) is 24.1 Å². The summed E-state index contributed by atoms with van der Waals surface area (Å²) in [6.45, 7) is 2.59. The van der Waals surface area contributed by atoms with Crippen molar-refractivity contribution in [3.05, 3.63) is 59.4 Å². The third-order valence-electron chi connectivity index (χ3n) is 2.74. The van der Waals surface area contributed by atoms with Crippen molar-refractivity contribution in [2.75, 3.05) is 12.4 Å². The van der Waals surface area contributed by atoms with Crippen molar-refractivity contribution in [3.8, 4) is 0 Å². The van der Waals surface area contributed by atoms with Crippen LogP contribution < -0.4 is 5.32 Å². The number of nitrogens with zero attached hydrogens (tertiary/aromatic N) is 1. The predicted octanol–water partition coefficient (Wildman–Crippen LogP) is 2.79. The fourth-order valence-electron chi connectivity index (χ4n) is 1.79. The Morgan fingerprint density at radius 3 is 2.89 bits per heavy atom. The van der Waals surface area contributed by atoms with Gasteiger partial charge < -0.3 is 10.1 Å². The van der Waals surface area contributed by atoms with Crippen LogP contribution in [0.25, 0.3) is 0 Å². The normalized spacial score (nSPS) is 10.0. The molecule has 0 spiro atoms. The fraction of sp³-hybridized carbons (Fsp3) is 0.200. The number of esters is 1. The number of aromatic nitrogens is 1. The topological polar surface area (TPSA) is 51.2 Å². The molecule has 0 bridgehead atoms. The first-order chi connectivity index (χ1) is 9.19. The lowest BCUT2D eigenvalue weighted by atomic mass is 10.1. The highest BCUT2D eigenvalue weighted by Crippen LogP contribution is 2.11. The molecule has 1 aromatic heterocycles. The third kappa shape index (κ3) is 3.55. The first-order valence-corrected chi connectivity index (χ1v) is 6.03. The predicted molar refractivity (Wildman–Crippen MR) is 74.1 cm³/mol. The summed E-state index contributed by atoms with van der Waals surface area (Å²) < 4.78 is 4.70. The molecule has 0 unspecified atom stereocenters. The highest BCUT2D eigenvalue weighted by molar-refractivity contribution is 5.89. The fourth-order valence-corrected chi connectivity index (χ4v) is 1.79. The molecule has 0 saturated carbocycles. The van der Waals surface area contributed by atoms with Gasteiger partial charge in [0.25, 0.3) is 0 Å². The number of aryl methyl sites for hydroxylation is 1. The summed E-state index contributed by atoms with van der Waals surface area (Å²) in [6, 6.07) is 11.3. The Balaban J connectivity index is 2.05. The minimum Gasteiger partial charge on any atom is -0.465 e. The van der Waals surface area contributed by atoms with Crippen molar-refractivity contribution in [3.63, 3.8) is 0 Å². The molecule has 0 radical (unpaired) electrons. The third-order valence-corrected chi connectivity index (χ3v) is 2.74. The number of rotatable bonds is 4. The van der Waals surface area contributed by atoms with Crippen LogP contribution in [0, 0.1) is 6.92 Å².